The molecular weight excluding hydrogens is 522 g/mol. The van der Waals surface area contributed by atoms with Gasteiger partial charge in [-0.1, -0.05) is 136 Å². The predicted molar refractivity (Wildman–Crippen MR) is 170 cm³/mol. The monoisotopic (exact) mass is 553 g/mol. The fourth-order valence-electron chi connectivity index (χ4n) is 4.65. The predicted octanol–water partition coefficient (Wildman–Crippen LogP) is 8.98. The number of nitriles is 1. The first kappa shape index (κ1) is 27.9. The first-order valence-electron chi connectivity index (χ1n) is 13.5. The normalized spacial score (nSPS) is 11.1. The molecule has 4 nitrogen and oxygen atoms in total. The van der Waals surface area contributed by atoms with Crippen LogP contribution in [0.1, 0.15) is 31.9 Å². The molecule has 1 N–H and O–H groups in total. The largest absolute Gasteiger partial charge is 0.325 e. The molecule has 0 aliphatic rings. The van der Waals surface area contributed by atoms with E-state index < -0.39 is 0 Å². The molecule has 0 aliphatic carbocycles. The summed E-state index contributed by atoms with van der Waals surface area (Å²) in [5.41, 5.74) is 7.90. The summed E-state index contributed by atoms with van der Waals surface area (Å²) in [7, 11) is 0. The summed E-state index contributed by atoms with van der Waals surface area (Å²) in [6.07, 6.45) is 0. The minimum Gasteiger partial charge on any atom is -0.325 e. The molecule has 4 aromatic carbocycles. The highest BCUT2D eigenvalue weighted by atomic mass is 32.2. The number of hydrogen-bond donors (Lipinski definition) is 1. The Hall–Kier alpha value is -4.66. The molecule has 0 saturated heterocycles. The smallest absolute Gasteiger partial charge is 0.234 e. The number of aromatic nitrogens is 1. The van der Waals surface area contributed by atoms with Crippen molar-refractivity contribution < 1.29 is 4.79 Å². The van der Waals surface area contributed by atoms with E-state index >= 15 is 0 Å². The van der Waals surface area contributed by atoms with Crippen molar-refractivity contribution in [2.24, 2.45) is 0 Å². The molecule has 1 heterocycles. The van der Waals surface area contributed by atoms with Gasteiger partial charge in [-0.15, -0.1) is 0 Å². The Morgan fingerprint density at radius 3 is 2.00 bits per heavy atom. The Kier molecular flexibility index (Phi) is 8.33. The molecule has 1 aromatic heterocycles. The van der Waals surface area contributed by atoms with Crippen LogP contribution in [0.25, 0.3) is 33.5 Å². The highest BCUT2D eigenvalue weighted by Crippen LogP contribution is 2.35. The fourth-order valence-corrected chi connectivity index (χ4v) is 5.45. The van der Waals surface area contributed by atoms with Gasteiger partial charge in [-0.25, -0.2) is 4.98 Å². The van der Waals surface area contributed by atoms with E-state index in [0.29, 0.717) is 10.6 Å². The second-order valence-corrected chi connectivity index (χ2v) is 11.8. The van der Waals surface area contributed by atoms with Crippen molar-refractivity contribution in [2.45, 2.75) is 31.2 Å². The molecule has 0 fully saturated rings. The van der Waals surface area contributed by atoms with E-state index in [-0.39, 0.29) is 17.1 Å². The maximum Gasteiger partial charge on any atom is 0.234 e. The molecule has 0 unspecified atom stereocenters. The minimum atomic E-state index is -0.162. The summed E-state index contributed by atoms with van der Waals surface area (Å²) in [6.45, 7) is 6.54. The number of para-hydroxylation sites is 1. The van der Waals surface area contributed by atoms with Gasteiger partial charge in [0.1, 0.15) is 11.1 Å². The van der Waals surface area contributed by atoms with Gasteiger partial charge in [-0.05, 0) is 34.2 Å². The SMILES string of the molecule is CC(C)(C)c1ccc(-c2cc(-c3ccccc3)nc(SCC(=O)Nc3ccccc3-c3ccccc3)c2C#N)cc1. The van der Waals surface area contributed by atoms with Crippen LogP contribution in [0.2, 0.25) is 0 Å². The van der Waals surface area contributed by atoms with Crippen LogP contribution in [0.4, 0.5) is 5.69 Å². The summed E-state index contributed by atoms with van der Waals surface area (Å²) in [6, 6.07) is 40.3. The molecule has 0 atom stereocenters. The van der Waals surface area contributed by atoms with Crippen LogP contribution in [0.15, 0.2) is 120 Å². The van der Waals surface area contributed by atoms with Gasteiger partial charge >= 0.3 is 0 Å². The number of nitrogens with zero attached hydrogens (tertiary/aromatic N) is 2. The highest BCUT2D eigenvalue weighted by molar-refractivity contribution is 8.00. The molecule has 41 heavy (non-hydrogen) atoms. The van der Waals surface area contributed by atoms with Crippen molar-refractivity contribution in [3.8, 4) is 39.6 Å². The zero-order chi connectivity index (χ0) is 28.8. The third kappa shape index (κ3) is 6.57. The first-order chi connectivity index (χ1) is 19.8. The van der Waals surface area contributed by atoms with Crippen molar-refractivity contribution in [1.82, 2.24) is 4.98 Å². The maximum absolute atomic E-state index is 13.2. The number of thioether (sulfide) groups is 1. The van der Waals surface area contributed by atoms with Crippen LogP contribution in [-0.4, -0.2) is 16.6 Å². The second kappa shape index (κ2) is 12.2. The van der Waals surface area contributed by atoms with Crippen LogP contribution in [0, 0.1) is 11.3 Å². The van der Waals surface area contributed by atoms with E-state index in [4.69, 9.17) is 4.98 Å². The number of rotatable bonds is 7. The zero-order valence-corrected chi connectivity index (χ0v) is 24.2. The number of amides is 1. The van der Waals surface area contributed by atoms with Crippen molar-refractivity contribution in [2.75, 3.05) is 11.1 Å². The number of pyridine rings is 1. The number of nitrogens with one attached hydrogen (secondary N) is 1. The molecule has 0 radical (unpaired) electrons. The van der Waals surface area contributed by atoms with Crippen molar-refractivity contribution in [3.63, 3.8) is 0 Å². The molecule has 0 spiro atoms. The molecule has 5 heteroatoms. The van der Waals surface area contributed by atoms with Gasteiger partial charge in [0.15, 0.2) is 0 Å². The lowest BCUT2D eigenvalue weighted by Crippen LogP contribution is -2.15. The maximum atomic E-state index is 13.2. The molecule has 0 aliphatic heterocycles. The summed E-state index contributed by atoms with van der Waals surface area (Å²) < 4.78 is 0. The van der Waals surface area contributed by atoms with E-state index in [1.54, 1.807) is 0 Å². The molecule has 202 valence electrons. The Bertz CT molecular complexity index is 1700. The molecule has 0 bridgehead atoms. The number of anilines is 1. The summed E-state index contributed by atoms with van der Waals surface area (Å²) in [4.78, 5) is 18.0. The number of benzene rings is 4. The quantitative estimate of drug-likeness (QED) is 0.204. The van der Waals surface area contributed by atoms with Crippen LogP contribution in [0.3, 0.4) is 0 Å². The lowest BCUT2D eigenvalue weighted by Gasteiger charge is -2.19. The third-order valence-corrected chi connectivity index (χ3v) is 7.83. The number of carbonyl (C=O) groups excluding carboxylic acids is 1. The topological polar surface area (TPSA) is 65.8 Å². The Morgan fingerprint density at radius 1 is 0.780 bits per heavy atom. The molecule has 1 amide bonds. The van der Waals surface area contributed by atoms with E-state index in [9.17, 15) is 10.1 Å². The van der Waals surface area contributed by atoms with Gasteiger partial charge in [-0.3, -0.25) is 4.79 Å². The van der Waals surface area contributed by atoms with E-state index in [0.717, 1.165) is 39.2 Å². The molecular formula is C36H31N3OS. The minimum absolute atomic E-state index is 0.0253. The lowest BCUT2D eigenvalue weighted by atomic mass is 9.86. The summed E-state index contributed by atoms with van der Waals surface area (Å²) in [5.74, 6) is -0.0453. The van der Waals surface area contributed by atoms with Gasteiger partial charge in [-0.2, -0.15) is 5.26 Å². The van der Waals surface area contributed by atoms with Crippen LogP contribution < -0.4 is 5.32 Å². The van der Waals surface area contributed by atoms with Gasteiger partial charge in [0.2, 0.25) is 5.91 Å². The van der Waals surface area contributed by atoms with Crippen molar-refractivity contribution >= 4 is 23.4 Å². The Labute approximate surface area is 246 Å². The average molecular weight is 554 g/mol. The zero-order valence-electron chi connectivity index (χ0n) is 23.4. The van der Waals surface area contributed by atoms with E-state index in [1.165, 1.54) is 17.3 Å². The van der Waals surface area contributed by atoms with Crippen LogP contribution in [0.5, 0.6) is 0 Å². The first-order valence-corrected chi connectivity index (χ1v) is 14.5. The van der Waals surface area contributed by atoms with Gasteiger partial charge in [0, 0.05) is 22.4 Å². The van der Waals surface area contributed by atoms with Gasteiger partial charge in [0.25, 0.3) is 0 Å². The molecule has 0 saturated carbocycles. The van der Waals surface area contributed by atoms with Crippen molar-refractivity contribution in [3.05, 3.63) is 126 Å². The summed E-state index contributed by atoms with van der Waals surface area (Å²) >= 11 is 1.28. The Balaban J connectivity index is 1.46. The summed E-state index contributed by atoms with van der Waals surface area (Å²) in [5, 5.41) is 13.9. The van der Waals surface area contributed by atoms with Crippen LogP contribution >= 0.6 is 11.8 Å². The lowest BCUT2D eigenvalue weighted by molar-refractivity contribution is -0.113. The molecule has 5 aromatic rings. The van der Waals surface area contributed by atoms with E-state index in [2.05, 4.69) is 56.4 Å². The van der Waals surface area contributed by atoms with Crippen LogP contribution in [-0.2, 0) is 10.2 Å². The third-order valence-electron chi connectivity index (χ3n) is 6.86. The number of carbonyl (C=O) groups is 1. The average Bonchev–Trinajstić information content (AvgIpc) is 3.00. The number of hydrogen-bond acceptors (Lipinski definition) is 4. The standard InChI is InChI=1S/C36H31N3OS/c1-36(2,3)28-20-18-26(19-21-28)30-22-33(27-14-8-5-9-15-27)39-35(31(30)23-37)41-24-34(40)38-32-17-11-10-16-29(32)25-12-6-4-7-13-25/h4-22H,24H2,1-3H3,(H,38,40). The van der Waals surface area contributed by atoms with Gasteiger partial charge < -0.3 is 5.32 Å². The Morgan fingerprint density at radius 2 is 1.37 bits per heavy atom. The fraction of sp³-hybridized carbons (Fsp3) is 0.139. The van der Waals surface area contributed by atoms with E-state index in [1.807, 2.05) is 91.0 Å². The van der Waals surface area contributed by atoms with Crippen molar-refractivity contribution in [1.29, 1.82) is 5.26 Å². The second-order valence-electron chi connectivity index (χ2n) is 10.8. The highest BCUT2D eigenvalue weighted by Gasteiger charge is 2.19. The van der Waals surface area contributed by atoms with Gasteiger partial charge in [0.05, 0.1) is 17.0 Å². The molecule has 5 rings (SSSR count).